The normalized spacial score (nSPS) is 12.5. The monoisotopic (exact) mass is 279 g/mol. The van der Waals surface area contributed by atoms with Gasteiger partial charge in [0.05, 0.1) is 10.4 Å². The van der Waals surface area contributed by atoms with E-state index in [1.807, 2.05) is 19.1 Å². The van der Waals surface area contributed by atoms with Crippen molar-refractivity contribution < 1.29 is 9.90 Å². The highest BCUT2D eigenvalue weighted by Crippen LogP contribution is 2.31. The number of nitrogen functional groups attached to an aromatic ring is 1. The van der Waals surface area contributed by atoms with E-state index in [1.54, 1.807) is 6.20 Å². The van der Waals surface area contributed by atoms with Crippen LogP contribution < -0.4 is 11.1 Å². The minimum atomic E-state index is -0.176. The summed E-state index contributed by atoms with van der Waals surface area (Å²) in [7, 11) is 0. The standard InChI is InChI=1S/C13H17N3O2S/c1-8(4-6-17)7-16-13(18)12-10(14)11-9(19-12)3-2-5-15-11/h2-3,5,8,17H,4,6-7,14H2,1H3,(H,16,18). The molecule has 0 fully saturated rings. The molecule has 0 saturated carbocycles. The number of pyridine rings is 1. The molecule has 1 atom stereocenters. The Morgan fingerprint density at radius 3 is 3.11 bits per heavy atom. The number of carbonyl (C=O) groups excluding carboxylic acids is 1. The van der Waals surface area contributed by atoms with Gasteiger partial charge < -0.3 is 16.2 Å². The summed E-state index contributed by atoms with van der Waals surface area (Å²) in [6.07, 6.45) is 2.33. The van der Waals surface area contributed by atoms with E-state index in [4.69, 9.17) is 10.8 Å². The molecule has 19 heavy (non-hydrogen) atoms. The van der Waals surface area contributed by atoms with Crippen LogP contribution in [0.3, 0.4) is 0 Å². The first-order valence-electron chi connectivity index (χ1n) is 6.15. The van der Waals surface area contributed by atoms with Gasteiger partial charge in [-0.3, -0.25) is 9.78 Å². The van der Waals surface area contributed by atoms with Crippen LogP contribution >= 0.6 is 11.3 Å². The van der Waals surface area contributed by atoms with Crippen LogP contribution in [0.4, 0.5) is 5.69 Å². The van der Waals surface area contributed by atoms with Gasteiger partial charge in [0, 0.05) is 19.3 Å². The number of amides is 1. The lowest BCUT2D eigenvalue weighted by molar-refractivity contribution is 0.0950. The van der Waals surface area contributed by atoms with Gasteiger partial charge in [-0.05, 0) is 24.5 Å². The Balaban J connectivity index is 2.11. The maximum absolute atomic E-state index is 12.1. The Bertz CT molecular complexity index is 582. The molecule has 0 aliphatic heterocycles. The summed E-state index contributed by atoms with van der Waals surface area (Å²) in [6, 6.07) is 3.72. The van der Waals surface area contributed by atoms with Crippen LogP contribution in [-0.2, 0) is 0 Å². The van der Waals surface area contributed by atoms with Gasteiger partial charge in [-0.1, -0.05) is 6.92 Å². The Hall–Kier alpha value is -1.66. The molecule has 2 aromatic heterocycles. The Morgan fingerprint density at radius 1 is 1.63 bits per heavy atom. The van der Waals surface area contributed by atoms with E-state index in [1.165, 1.54) is 11.3 Å². The summed E-state index contributed by atoms with van der Waals surface area (Å²) in [5.74, 6) is 0.0629. The molecule has 2 heterocycles. The maximum atomic E-state index is 12.1. The van der Waals surface area contributed by atoms with Gasteiger partial charge in [0.25, 0.3) is 5.91 Å². The maximum Gasteiger partial charge on any atom is 0.263 e. The first-order valence-corrected chi connectivity index (χ1v) is 6.97. The third-order valence-corrected chi connectivity index (χ3v) is 4.08. The third kappa shape index (κ3) is 3.02. The first kappa shape index (κ1) is 13.8. The molecule has 0 saturated heterocycles. The van der Waals surface area contributed by atoms with Gasteiger partial charge in [0.2, 0.25) is 0 Å². The van der Waals surface area contributed by atoms with Crippen LogP contribution in [0.5, 0.6) is 0 Å². The highest BCUT2D eigenvalue weighted by molar-refractivity contribution is 7.21. The molecule has 0 radical (unpaired) electrons. The van der Waals surface area contributed by atoms with E-state index in [0.29, 0.717) is 29.0 Å². The number of aromatic nitrogens is 1. The fraction of sp³-hybridized carbons (Fsp3) is 0.385. The van der Waals surface area contributed by atoms with E-state index in [9.17, 15) is 4.79 Å². The molecular weight excluding hydrogens is 262 g/mol. The molecule has 1 amide bonds. The Kier molecular flexibility index (Phi) is 4.34. The summed E-state index contributed by atoms with van der Waals surface area (Å²) < 4.78 is 0.911. The predicted octanol–water partition coefficient (Wildman–Crippen LogP) is 1.63. The third-order valence-electron chi connectivity index (χ3n) is 2.92. The SMILES string of the molecule is CC(CCO)CNC(=O)c1sc2cccnc2c1N. The van der Waals surface area contributed by atoms with Crippen molar-refractivity contribution in [2.45, 2.75) is 13.3 Å². The molecule has 5 nitrogen and oxygen atoms in total. The van der Waals surface area contributed by atoms with Crippen molar-refractivity contribution in [1.29, 1.82) is 0 Å². The van der Waals surface area contributed by atoms with Crippen LogP contribution in [0.1, 0.15) is 23.0 Å². The van der Waals surface area contributed by atoms with Crippen molar-refractivity contribution in [3.63, 3.8) is 0 Å². The van der Waals surface area contributed by atoms with Gasteiger partial charge >= 0.3 is 0 Å². The second kappa shape index (κ2) is 5.99. The van der Waals surface area contributed by atoms with Crippen molar-refractivity contribution in [3.8, 4) is 0 Å². The number of hydrogen-bond acceptors (Lipinski definition) is 5. The molecule has 0 bridgehead atoms. The summed E-state index contributed by atoms with van der Waals surface area (Å²) in [5, 5.41) is 11.7. The molecule has 2 aromatic rings. The zero-order chi connectivity index (χ0) is 13.8. The van der Waals surface area contributed by atoms with Crippen molar-refractivity contribution in [2.24, 2.45) is 5.92 Å². The number of fused-ring (bicyclic) bond motifs is 1. The van der Waals surface area contributed by atoms with Crippen molar-refractivity contribution in [3.05, 3.63) is 23.2 Å². The van der Waals surface area contributed by atoms with Crippen molar-refractivity contribution in [1.82, 2.24) is 10.3 Å². The lowest BCUT2D eigenvalue weighted by atomic mass is 10.1. The molecule has 0 spiro atoms. The lowest BCUT2D eigenvalue weighted by Crippen LogP contribution is -2.28. The van der Waals surface area contributed by atoms with Gasteiger partial charge in [-0.2, -0.15) is 0 Å². The summed E-state index contributed by atoms with van der Waals surface area (Å²) in [6.45, 7) is 2.64. The Labute approximate surface area is 115 Å². The number of rotatable bonds is 5. The molecule has 2 rings (SSSR count). The van der Waals surface area contributed by atoms with Gasteiger partial charge in [-0.25, -0.2) is 0 Å². The van der Waals surface area contributed by atoms with Crippen molar-refractivity contribution >= 4 is 33.1 Å². The molecular formula is C13H17N3O2S. The smallest absolute Gasteiger partial charge is 0.263 e. The minimum Gasteiger partial charge on any atom is -0.396 e. The molecule has 0 aromatic carbocycles. The number of thiophene rings is 1. The lowest BCUT2D eigenvalue weighted by Gasteiger charge is -2.10. The molecule has 102 valence electrons. The number of nitrogens with zero attached hydrogens (tertiary/aromatic N) is 1. The van der Waals surface area contributed by atoms with Gasteiger partial charge in [0.15, 0.2) is 0 Å². The number of hydrogen-bond donors (Lipinski definition) is 3. The Morgan fingerprint density at radius 2 is 2.42 bits per heavy atom. The second-order valence-electron chi connectivity index (χ2n) is 4.52. The second-order valence-corrected chi connectivity index (χ2v) is 5.57. The zero-order valence-corrected chi connectivity index (χ0v) is 11.5. The van der Waals surface area contributed by atoms with Crippen LogP contribution in [0.2, 0.25) is 0 Å². The highest BCUT2D eigenvalue weighted by atomic mass is 32.1. The van der Waals surface area contributed by atoms with Crippen LogP contribution in [0.25, 0.3) is 10.2 Å². The topological polar surface area (TPSA) is 88.2 Å². The fourth-order valence-electron chi connectivity index (χ4n) is 1.79. The number of anilines is 1. The van der Waals surface area contributed by atoms with Crippen LogP contribution in [-0.4, -0.2) is 29.1 Å². The highest BCUT2D eigenvalue weighted by Gasteiger charge is 2.17. The van der Waals surface area contributed by atoms with Gasteiger partial charge in [-0.15, -0.1) is 11.3 Å². The van der Waals surface area contributed by atoms with E-state index in [0.717, 1.165) is 4.70 Å². The summed E-state index contributed by atoms with van der Waals surface area (Å²) in [4.78, 5) is 16.8. The largest absolute Gasteiger partial charge is 0.396 e. The van der Waals surface area contributed by atoms with E-state index in [2.05, 4.69) is 10.3 Å². The van der Waals surface area contributed by atoms with Gasteiger partial charge in [0.1, 0.15) is 10.4 Å². The molecule has 4 N–H and O–H groups in total. The number of carbonyl (C=O) groups is 1. The first-order chi connectivity index (χ1) is 9.13. The van der Waals surface area contributed by atoms with E-state index < -0.39 is 0 Å². The number of aliphatic hydroxyl groups excluding tert-OH is 1. The molecule has 6 heteroatoms. The molecule has 1 unspecified atom stereocenters. The molecule has 0 aliphatic rings. The van der Waals surface area contributed by atoms with E-state index >= 15 is 0 Å². The summed E-state index contributed by atoms with van der Waals surface area (Å²) >= 11 is 1.35. The van der Waals surface area contributed by atoms with E-state index in [-0.39, 0.29) is 18.4 Å². The average Bonchev–Trinajstić information content (AvgIpc) is 2.74. The number of aliphatic hydroxyl groups is 1. The summed E-state index contributed by atoms with van der Waals surface area (Å²) in [5.41, 5.74) is 7.07. The van der Waals surface area contributed by atoms with Crippen LogP contribution in [0.15, 0.2) is 18.3 Å². The zero-order valence-electron chi connectivity index (χ0n) is 10.7. The minimum absolute atomic E-state index is 0.131. The fourth-order valence-corrected chi connectivity index (χ4v) is 2.78. The molecule has 0 aliphatic carbocycles. The number of nitrogens with two attached hydrogens (primary N) is 1. The number of nitrogens with one attached hydrogen (secondary N) is 1. The van der Waals surface area contributed by atoms with Crippen molar-refractivity contribution in [2.75, 3.05) is 18.9 Å². The average molecular weight is 279 g/mol. The quantitative estimate of drug-likeness (QED) is 0.776. The predicted molar refractivity (Wildman–Crippen MR) is 77.2 cm³/mol. The van der Waals surface area contributed by atoms with Crippen LogP contribution in [0, 0.1) is 5.92 Å².